The predicted molar refractivity (Wildman–Crippen MR) is 65.3 cm³/mol. The Labute approximate surface area is 97.6 Å². The Morgan fingerprint density at radius 2 is 2.19 bits per heavy atom. The molecule has 0 saturated carbocycles. The van der Waals surface area contributed by atoms with Crippen LogP contribution >= 0.6 is 0 Å². The summed E-state index contributed by atoms with van der Waals surface area (Å²) >= 11 is 0. The number of hydrogen-bond acceptors (Lipinski definition) is 3. The van der Waals surface area contributed by atoms with Crippen molar-refractivity contribution in [3.63, 3.8) is 0 Å². The van der Waals surface area contributed by atoms with E-state index in [-0.39, 0.29) is 0 Å². The average Bonchev–Trinajstić information content (AvgIpc) is 2.95. The number of nitrogens with one attached hydrogen (secondary N) is 1. The van der Waals surface area contributed by atoms with Crippen molar-refractivity contribution in [1.29, 1.82) is 0 Å². The van der Waals surface area contributed by atoms with Crippen molar-refractivity contribution >= 4 is 0 Å². The van der Waals surface area contributed by atoms with Crippen molar-refractivity contribution in [2.75, 3.05) is 26.2 Å². The van der Waals surface area contributed by atoms with E-state index in [2.05, 4.69) is 28.4 Å². The summed E-state index contributed by atoms with van der Waals surface area (Å²) in [4.78, 5) is 2.53. The summed E-state index contributed by atoms with van der Waals surface area (Å²) in [5, 5.41) is 7.73. The third kappa shape index (κ3) is 3.32. The molecule has 0 radical (unpaired) electrons. The summed E-state index contributed by atoms with van der Waals surface area (Å²) < 4.78 is 1.97. The van der Waals surface area contributed by atoms with E-state index in [4.69, 9.17) is 0 Å². The Balaban J connectivity index is 1.60. The van der Waals surface area contributed by atoms with Crippen LogP contribution in [0.2, 0.25) is 0 Å². The van der Waals surface area contributed by atoms with Crippen molar-refractivity contribution in [2.45, 2.75) is 32.9 Å². The highest BCUT2D eigenvalue weighted by Gasteiger charge is 2.09. The van der Waals surface area contributed by atoms with Crippen molar-refractivity contribution < 1.29 is 0 Å². The molecule has 0 bridgehead atoms. The van der Waals surface area contributed by atoms with Gasteiger partial charge in [-0.3, -0.25) is 4.68 Å². The lowest BCUT2D eigenvalue weighted by Gasteiger charge is -2.14. The standard InChI is InChI=1S/C12H22N4/c1-2-16-11-12(10-14-16)9-13-5-8-15-6-3-4-7-15/h10-11,13H,2-9H2,1H3. The van der Waals surface area contributed by atoms with Gasteiger partial charge in [-0.15, -0.1) is 0 Å². The van der Waals surface area contributed by atoms with Crippen LogP contribution in [0.5, 0.6) is 0 Å². The highest BCUT2D eigenvalue weighted by Crippen LogP contribution is 2.05. The molecule has 2 rings (SSSR count). The lowest BCUT2D eigenvalue weighted by Crippen LogP contribution is -2.29. The van der Waals surface area contributed by atoms with Gasteiger partial charge in [0.1, 0.15) is 0 Å². The first-order valence-corrected chi connectivity index (χ1v) is 6.33. The van der Waals surface area contributed by atoms with Crippen LogP contribution in [0.25, 0.3) is 0 Å². The Hall–Kier alpha value is -0.870. The fourth-order valence-corrected chi connectivity index (χ4v) is 2.15. The largest absolute Gasteiger partial charge is 0.311 e. The molecule has 0 atom stereocenters. The normalized spacial score (nSPS) is 17.1. The van der Waals surface area contributed by atoms with Crippen LogP contribution in [0.3, 0.4) is 0 Å². The Morgan fingerprint density at radius 3 is 2.88 bits per heavy atom. The third-order valence-corrected chi connectivity index (χ3v) is 3.14. The van der Waals surface area contributed by atoms with E-state index >= 15 is 0 Å². The molecule has 1 N–H and O–H groups in total. The van der Waals surface area contributed by atoms with Gasteiger partial charge in [-0.25, -0.2) is 0 Å². The first-order chi connectivity index (χ1) is 7.88. The second-order valence-corrected chi connectivity index (χ2v) is 4.43. The van der Waals surface area contributed by atoms with Gasteiger partial charge >= 0.3 is 0 Å². The molecule has 4 nitrogen and oxygen atoms in total. The van der Waals surface area contributed by atoms with E-state index < -0.39 is 0 Å². The number of rotatable bonds is 6. The van der Waals surface area contributed by atoms with Gasteiger partial charge in [0.05, 0.1) is 6.20 Å². The first kappa shape index (κ1) is 11.6. The van der Waals surface area contributed by atoms with Gasteiger partial charge in [0.2, 0.25) is 0 Å². The fraction of sp³-hybridized carbons (Fsp3) is 0.750. The molecule has 0 unspecified atom stereocenters. The summed E-state index contributed by atoms with van der Waals surface area (Å²) in [6.45, 7) is 8.84. The number of aryl methyl sites for hydroxylation is 1. The van der Waals surface area contributed by atoms with Crippen LogP contribution in [0, 0.1) is 0 Å². The molecule has 0 spiro atoms. The van der Waals surface area contributed by atoms with Crippen molar-refractivity contribution in [2.24, 2.45) is 0 Å². The number of aromatic nitrogens is 2. The highest BCUT2D eigenvalue weighted by atomic mass is 15.3. The zero-order valence-electron chi connectivity index (χ0n) is 10.2. The zero-order valence-corrected chi connectivity index (χ0v) is 10.2. The SMILES string of the molecule is CCn1cc(CNCCN2CCCC2)cn1. The van der Waals surface area contributed by atoms with Crippen molar-refractivity contribution in [3.05, 3.63) is 18.0 Å². The Kier molecular flexibility index (Phi) is 4.36. The molecule has 0 aliphatic carbocycles. The molecule has 0 amide bonds. The lowest BCUT2D eigenvalue weighted by atomic mass is 10.3. The van der Waals surface area contributed by atoms with Crippen LogP contribution in [0.4, 0.5) is 0 Å². The van der Waals surface area contributed by atoms with E-state index in [0.29, 0.717) is 0 Å². The second-order valence-electron chi connectivity index (χ2n) is 4.43. The second kappa shape index (κ2) is 6.01. The Morgan fingerprint density at radius 1 is 1.38 bits per heavy atom. The van der Waals surface area contributed by atoms with Gasteiger partial charge < -0.3 is 10.2 Å². The molecular weight excluding hydrogens is 200 g/mol. The molecular formula is C12H22N4. The predicted octanol–water partition coefficient (Wildman–Crippen LogP) is 1.09. The number of nitrogens with zero attached hydrogens (tertiary/aromatic N) is 3. The zero-order chi connectivity index (χ0) is 11.2. The van der Waals surface area contributed by atoms with Crippen LogP contribution in [0.1, 0.15) is 25.3 Å². The number of likely N-dealkylation sites (tertiary alicyclic amines) is 1. The maximum absolute atomic E-state index is 4.26. The number of hydrogen-bond donors (Lipinski definition) is 1. The molecule has 1 saturated heterocycles. The topological polar surface area (TPSA) is 33.1 Å². The summed E-state index contributed by atoms with van der Waals surface area (Å²) in [5.41, 5.74) is 1.28. The van der Waals surface area contributed by atoms with Gasteiger partial charge in [-0.05, 0) is 32.9 Å². The molecule has 2 heterocycles. The van der Waals surface area contributed by atoms with Gasteiger partial charge in [-0.2, -0.15) is 5.10 Å². The molecule has 1 aliphatic rings. The van der Waals surface area contributed by atoms with Crippen molar-refractivity contribution in [1.82, 2.24) is 20.0 Å². The smallest absolute Gasteiger partial charge is 0.0534 e. The van der Waals surface area contributed by atoms with Crippen LogP contribution in [0.15, 0.2) is 12.4 Å². The monoisotopic (exact) mass is 222 g/mol. The maximum Gasteiger partial charge on any atom is 0.0534 e. The summed E-state index contributed by atoms with van der Waals surface area (Å²) in [6.07, 6.45) is 6.82. The van der Waals surface area contributed by atoms with Gasteiger partial charge in [0, 0.05) is 37.9 Å². The molecule has 16 heavy (non-hydrogen) atoms. The van der Waals surface area contributed by atoms with Gasteiger partial charge in [0.25, 0.3) is 0 Å². The molecule has 4 heteroatoms. The minimum atomic E-state index is 0.938. The van der Waals surface area contributed by atoms with E-state index in [1.807, 2.05) is 10.9 Å². The summed E-state index contributed by atoms with van der Waals surface area (Å²) in [6, 6.07) is 0. The summed E-state index contributed by atoms with van der Waals surface area (Å²) in [5.74, 6) is 0. The average molecular weight is 222 g/mol. The van der Waals surface area contributed by atoms with Crippen LogP contribution in [-0.4, -0.2) is 40.9 Å². The minimum absolute atomic E-state index is 0.938. The van der Waals surface area contributed by atoms with Crippen molar-refractivity contribution in [3.8, 4) is 0 Å². The molecule has 1 aliphatic heterocycles. The third-order valence-electron chi connectivity index (χ3n) is 3.14. The fourth-order valence-electron chi connectivity index (χ4n) is 2.15. The molecule has 1 aromatic rings. The molecule has 0 aromatic carbocycles. The molecule has 1 aromatic heterocycles. The van der Waals surface area contributed by atoms with Crippen LogP contribution < -0.4 is 5.32 Å². The van der Waals surface area contributed by atoms with Gasteiger partial charge in [0.15, 0.2) is 0 Å². The lowest BCUT2D eigenvalue weighted by molar-refractivity contribution is 0.335. The summed E-state index contributed by atoms with van der Waals surface area (Å²) in [7, 11) is 0. The molecule has 1 fully saturated rings. The quantitative estimate of drug-likeness (QED) is 0.731. The molecule has 90 valence electrons. The van der Waals surface area contributed by atoms with Gasteiger partial charge in [-0.1, -0.05) is 0 Å². The van der Waals surface area contributed by atoms with E-state index in [1.54, 1.807) is 0 Å². The maximum atomic E-state index is 4.26. The minimum Gasteiger partial charge on any atom is -0.311 e. The first-order valence-electron chi connectivity index (χ1n) is 6.33. The van der Waals surface area contributed by atoms with E-state index in [9.17, 15) is 0 Å². The van der Waals surface area contributed by atoms with E-state index in [1.165, 1.54) is 38.0 Å². The Bertz CT molecular complexity index is 302. The van der Waals surface area contributed by atoms with E-state index in [0.717, 1.165) is 19.6 Å². The highest BCUT2D eigenvalue weighted by molar-refractivity contribution is 5.03. The van der Waals surface area contributed by atoms with Crippen LogP contribution in [-0.2, 0) is 13.1 Å².